The van der Waals surface area contributed by atoms with Gasteiger partial charge in [0.25, 0.3) is 0 Å². The summed E-state index contributed by atoms with van der Waals surface area (Å²) in [6.07, 6.45) is 1.83. The summed E-state index contributed by atoms with van der Waals surface area (Å²) in [5, 5.41) is 0. The van der Waals surface area contributed by atoms with Crippen molar-refractivity contribution in [3.8, 4) is 39.3 Å². The van der Waals surface area contributed by atoms with Crippen LogP contribution in [0.4, 0.5) is 30.7 Å². The van der Waals surface area contributed by atoms with Crippen LogP contribution in [0.1, 0.15) is 37.3 Å². The lowest BCUT2D eigenvalue weighted by atomic mass is 9.97. The molecule has 0 amide bonds. The Morgan fingerprint density at radius 2 is 1.27 bits per heavy atom. The molecule has 0 radical (unpaired) electrons. The van der Waals surface area contributed by atoms with E-state index < -0.39 is 46.5 Å². The summed E-state index contributed by atoms with van der Waals surface area (Å²) in [6.45, 7) is 2.15. The first-order chi connectivity index (χ1) is 21.1. The Labute approximate surface area is 249 Å². The summed E-state index contributed by atoms with van der Waals surface area (Å²) in [5.41, 5.74) is 2.83. The van der Waals surface area contributed by atoms with Gasteiger partial charge in [-0.2, -0.15) is 8.78 Å². The predicted octanol–water partition coefficient (Wildman–Crippen LogP) is 10.6. The number of pyridine rings is 1. The van der Waals surface area contributed by atoms with E-state index in [4.69, 9.17) is 0 Å². The molecule has 0 atom stereocenters. The quantitative estimate of drug-likeness (QED) is 0.0893. The van der Waals surface area contributed by atoms with Gasteiger partial charge in [-0.1, -0.05) is 68.3 Å². The summed E-state index contributed by atoms with van der Waals surface area (Å²) >= 11 is 0. The third-order valence-electron chi connectivity index (χ3n) is 7.17. The molecule has 0 fully saturated rings. The van der Waals surface area contributed by atoms with Crippen molar-refractivity contribution in [2.24, 2.45) is 0 Å². The number of rotatable bonds is 10. The van der Waals surface area contributed by atoms with E-state index in [9.17, 15) is 26.3 Å². The predicted molar refractivity (Wildman–Crippen MR) is 155 cm³/mol. The maximum atomic E-state index is 15.1. The molecule has 1 heterocycles. The Hall–Kier alpha value is -4.66. The number of benzene rings is 4. The molecule has 0 aliphatic carbocycles. The Balaban J connectivity index is 1.30. The third-order valence-corrected chi connectivity index (χ3v) is 7.17. The van der Waals surface area contributed by atoms with Crippen LogP contribution < -0.4 is 4.74 Å². The standard InChI is InChI=1S/C35H26F7NO/c1-2-3-4-5-21-6-15-33(43-20-21)25-11-13-27(29(36)17-25)23-9-7-22(8-10-23)24-12-14-28(30(37)16-24)35(41,42)44-26-18-31(38)34(40)32(39)19-26/h6-20H,2-5H2,1H3. The van der Waals surface area contributed by atoms with Crippen LogP contribution in [-0.2, 0) is 12.5 Å². The molecule has 0 aliphatic heterocycles. The summed E-state index contributed by atoms with van der Waals surface area (Å²) in [4.78, 5) is 4.48. The Morgan fingerprint density at radius 1 is 0.636 bits per heavy atom. The average Bonchev–Trinajstić information content (AvgIpc) is 3.00. The van der Waals surface area contributed by atoms with Gasteiger partial charge in [0.2, 0.25) is 0 Å². The van der Waals surface area contributed by atoms with Crippen LogP contribution in [0.15, 0.2) is 91.1 Å². The molecule has 9 heteroatoms. The van der Waals surface area contributed by atoms with Crippen molar-refractivity contribution in [3.05, 3.63) is 131 Å². The number of alkyl halides is 2. The van der Waals surface area contributed by atoms with E-state index in [0.717, 1.165) is 43.4 Å². The molecule has 5 aromatic rings. The van der Waals surface area contributed by atoms with Gasteiger partial charge in [0.05, 0.1) is 11.3 Å². The number of hydrogen-bond donors (Lipinski definition) is 0. The molecule has 44 heavy (non-hydrogen) atoms. The summed E-state index contributed by atoms with van der Waals surface area (Å²) < 4.78 is 103. The lowest BCUT2D eigenvalue weighted by Crippen LogP contribution is -2.23. The Morgan fingerprint density at radius 3 is 1.89 bits per heavy atom. The molecule has 0 aliphatic rings. The molecule has 0 bridgehead atoms. The van der Waals surface area contributed by atoms with Crippen LogP contribution >= 0.6 is 0 Å². The first-order valence-electron chi connectivity index (χ1n) is 13.9. The van der Waals surface area contributed by atoms with E-state index in [0.29, 0.717) is 27.9 Å². The van der Waals surface area contributed by atoms with Crippen LogP contribution in [0.3, 0.4) is 0 Å². The maximum absolute atomic E-state index is 15.1. The number of halogens is 7. The number of aryl methyl sites for hydroxylation is 1. The van der Waals surface area contributed by atoms with Crippen molar-refractivity contribution in [3.63, 3.8) is 0 Å². The highest BCUT2D eigenvalue weighted by atomic mass is 19.3. The van der Waals surface area contributed by atoms with Gasteiger partial charge in [-0.05, 0) is 59.4 Å². The van der Waals surface area contributed by atoms with Crippen LogP contribution in [0.2, 0.25) is 0 Å². The zero-order valence-corrected chi connectivity index (χ0v) is 23.5. The second kappa shape index (κ2) is 12.9. The lowest BCUT2D eigenvalue weighted by Gasteiger charge is -2.19. The minimum absolute atomic E-state index is 0.236. The average molecular weight is 610 g/mol. The van der Waals surface area contributed by atoms with E-state index in [-0.39, 0.29) is 17.7 Å². The number of nitrogens with zero attached hydrogens (tertiary/aromatic N) is 1. The molecular formula is C35H26F7NO. The van der Waals surface area contributed by atoms with Crippen LogP contribution in [0, 0.1) is 29.1 Å². The van der Waals surface area contributed by atoms with Gasteiger partial charge in [0, 0.05) is 29.5 Å². The van der Waals surface area contributed by atoms with Crippen LogP contribution in [-0.4, -0.2) is 4.98 Å². The topological polar surface area (TPSA) is 22.1 Å². The number of aromatic nitrogens is 1. The minimum Gasteiger partial charge on any atom is -0.429 e. The smallest absolute Gasteiger partial charge is 0.429 e. The fraction of sp³-hybridized carbons (Fsp3) is 0.171. The highest BCUT2D eigenvalue weighted by Crippen LogP contribution is 2.36. The second-order valence-electron chi connectivity index (χ2n) is 10.3. The molecule has 0 saturated carbocycles. The van der Waals surface area contributed by atoms with Gasteiger partial charge in [-0.15, -0.1) is 0 Å². The number of ether oxygens (including phenoxy) is 1. The van der Waals surface area contributed by atoms with Crippen LogP contribution in [0.5, 0.6) is 5.75 Å². The normalized spacial score (nSPS) is 11.5. The molecule has 4 aromatic carbocycles. The fourth-order valence-corrected chi connectivity index (χ4v) is 4.80. The van der Waals surface area contributed by atoms with Gasteiger partial charge in [0.1, 0.15) is 17.4 Å². The van der Waals surface area contributed by atoms with E-state index in [1.807, 2.05) is 18.3 Å². The number of unbranched alkanes of at least 4 members (excludes halogenated alkanes) is 2. The van der Waals surface area contributed by atoms with Crippen molar-refractivity contribution in [1.29, 1.82) is 0 Å². The molecule has 0 spiro atoms. The molecule has 0 unspecified atom stereocenters. The molecule has 5 rings (SSSR count). The van der Waals surface area contributed by atoms with Gasteiger partial charge in [-0.3, -0.25) is 4.98 Å². The van der Waals surface area contributed by atoms with Crippen molar-refractivity contribution in [2.45, 2.75) is 38.7 Å². The monoisotopic (exact) mass is 609 g/mol. The minimum atomic E-state index is -4.32. The van der Waals surface area contributed by atoms with E-state index in [1.165, 1.54) is 12.1 Å². The van der Waals surface area contributed by atoms with Crippen molar-refractivity contribution in [2.75, 3.05) is 0 Å². The molecular weight excluding hydrogens is 583 g/mol. The van der Waals surface area contributed by atoms with Gasteiger partial charge in [-0.25, -0.2) is 22.0 Å². The molecule has 0 saturated heterocycles. The summed E-state index contributed by atoms with van der Waals surface area (Å²) in [6, 6.07) is 18.5. The highest BCUT2D eigenvalue weighted by molar-refractivity contribution is 5.73. The second-order valence-corrected chi connectivity index (χ2v) is 10.3. The van der Waals surface area contributed by atoms with Crippen LogP contribution in [0.25, 0.3) is 33.5 Å². The summed E-state index contributed by atoms with van der Waals surface area (Å²) in [7, 11) is 0. The third kappa shape index (κ3) is 6.77. The number of hydrogen-bond acceptors (Lipinski definition) is 2. The van der Waals surface area contributed by atoms with E-state index in [2.05, 4.69) is 16.6 Å². The van der Waals surface area contributed by atoms with Crippen molar-refractivity contribution < 1.29 is 35.5 Å². The largest absolute Gasteiger partial charge is 0.429 e. The van der Waals surface area contributed by atoms with Crippen molar-refractivity contribution in [1.82, 2.24) is 4.98 Å². The maximum Gasteiger partial charge on any atom is 0.429 e. The van der Waals surface area contributed by atoms with Gasteiger partial charge < -0.3 is 4.74 Å². The zero-order valence-electron chi connectivity index (χ0n) is 23.5. The van der Waals surface area contributed by atoms with Crippen molar-refractivity contribution >= 4 is 0 Å². The first-order valence-corrected chi connectivity index (χ1v) is 13.9. The van der Waals surface area contributed by atoms with Gasteiger partial charge in [0.15, 0.2) is 17.5 Å². The molecule has 1 aromatic heterocycles. The lowest BCUT2D eigenvalue weighted by molar-refractivity contribution is -0.187. The van der Waals surface area contributed by atoms with E-state index >= 15 is 4.39 Å². The Bertz CT molecular complexity index is 1750. The summed E-state index contributed by atoms with van der Waals surface area (Å²) in [5.74, 6) is -8.13. The molecule has 0 N–H and O–H groups in total. The zero-order chi connectivity index (χ0) is 31.4. The van der Waals surface area contributed by atoms with E-state index in [1.54, 1.807) is 36.4 Å². The fourth-order valence-electron chi connectivity index (χ4n) is 4.80. The van der Waals surface area contributed by atoms with Gasteiger partial charge >= 0.3 is 6.11 Å². The Kier molecular flexibility index (Phi) is 9.04. The first kappa shape index (κ1) is 30.8. The SMILES string of the molecule is CCCCCc1ccc(-c2ccc(-c3ccc(-c4ccc(C(F)(F)Oc5cc(F)c(F)c(F)c5)c(F)c4)cc3)c(F)c2)nc1. The molecule has 2 nitrogen and oxygen atoms in total. The molecule has 226 valence electrons. The highest BCUT2D eigenvalue weighted by Gasteiger charge is 2.38.